The van der Waals surface area contributed by atoms with Crippen molar-refractivity contribution in [3.05, 3.63) is 0 Å². The molecular weight excluding hydrogens is 238 g/mol. The summed E-state index contributed by atoms with van der Waals surface area (Å²) in [5.41, 5.74) is 0. The van der Waals surface area contributed by atoms with Gasteiger partial charge in [-0.3, -0.25) is 4.79 Å². The fourth-order valence-electron chi connectivity index (χ4n) is 3.63. The van der Waals surface area contributed by atoms with Gasteiger partial charge in [-0.15, -0.1) is 0 Å². The maximum absolute atomic E-state index is 12.4. The first-order valence-electron chi connectivity index (χ1n) is 8.14. The SMILES string of the molecule is CCCCC1CCC(C(=O)N2CCC(CO)C2)CC1. The molecule has 1 aliphatic heterocycles. The minimum absolute atomic E-state index is 0.230. The maximum atomic E-state index is 12.4. The first-order chi connectivity index (χ1) is 9.24. The van der Waals surface area contributed by atoms with Crippen LogP contribution >= 0.6 is 0 Å². The summed E-state index contributed by atoms with van der Waals surface area (Å²) in [6.45, 7) is 4.12. The lowest BCUT2D eigenvalue weighted by Gasteiger charge is -2.30. The smallest absolute Gasteiger partial charge is 0.225 e. The van der Waals surface area contributed by atoms with Gasteiger partial charge in [0.05, 0.1) is 0 Å². The molecule has 1 amide bonds. The Bertz CT molecular complexity index is 284. The summed E-state index contributed by atoms with van der Waals surface area (Å²) in [7, 11) is 0. The number of nitrogens with zero attached hydrogens (tertiary/aromatic N) is 1. The number of aliphatic hydroxyl groups excluding tert-OH is 1. The molecule has 3 heteroatoms. The van der Waals surface area contributed by atoms with Gasteiger partial charge in [0.1, 0.15) is 0 Å². The van der Waals surface area contributed by atoms with Gasteiger partial charge in [-0.05, 0) is 38.0 Å². The fraction of sp³-hybridized carbons (Fsp3) is 0.938. The molecule has 0 aromatic carbocycles. The highest BCUT2D eigenvalue weighted by Crippen LogP contribution is 2.33. The number of carbonyl (C=O) groups is 1. The Morgan fingerprint density at radius 1 is 1.16 bits per heavy atom. The lowest BCUT2D eigenvalue weighted by Crippen LogP contribution is -2.36. The minimum Gasteiger partial charge on any atom is -0.396 e. The number of likely N-dealkylation sites (tertiary alicyclic amines) is 1. The van der Waals surface area contributed by atoms with Crippen LogP contribution in [0.3, 0.4) is 0 Å². The highest BCUT2D eigenvalue weighted by molar-refractivity contribution is 5.79. The van der Waals surface area contributed by atoms with Crippen LogP contribution in [0.25, 0.3) is 0 Å². The molecule has 0 aromatic rings. The van der Waals surface area contributed by atoms with Crippen LogP contribution < -0.4 is 0 Å². The summed E-state index contributed by atoms with van der Waals surface area (Å²) >= 11 is 0. The maximum Gasteiger partial charge on any atom is 0.225 e. The van der Waals surface area contributed by atoms with E-state index in [0.29, 0.717) is 11.8 Å². The molecule has 110 valence electrons. The zero-order valence-corrected chi connectivity index (χ0v) is 12.3. The molecule has 2 rings (SSSR count). The number of amides is 1. The second kappa shape index (κ2) is 7.28. The second-order valence-corrected chi connectivity index (χ2v) is 6.48. The number of hydrogen-bond donors (Lipinski definition) is 1. The van der Waals surface area contributed by atoms with Crippen LogP contribution in [0.5, 0.6) is 0 Å². The number of rotatable bonds is 5. The monoisotopic (exact) mass is 267 g/mol. The third-order valence-electron chi connectivity index (χ3n) is 5.02. The van der Waals surface area contributed by atoms with E-state index in [1.54, 1.807) is 0 Å². The van der Waals surface area contributed by atoms with Crippen LogP contribution in [0.4, 0.5) is 0 Å². The molecule has 0 aromatic heterocycles. The molecule has 3 nitrogen and oxygen atoms in total. The van der Waals surface area contributed by atoms with Crippen LogP contribution in [-0.4, -0.2) is 35.6 Å². The summed E-state index contributed by atoms with van der Waals surface area (Å²) in [5, 5.41) is 9.16. The van der Waals surface area contributed by atoms with Crippen molar-refractivity contribution in [2.75, 3.05) is 19.7 Å². The predicted molar refractivity (Wildman–Crippen MR) is 76.7 cm³/mol. The Labute approximate surface area is 117 Å². The Morgan fingerprint density at radius 2 is 1.89 bits per heavy atom. The Kier molecular flexibility index (Phi) is 5.68. The summed E-state index contributed by atoms with van der Waals surface area (Å²) in [5.74, 6) is 1.83. The molecule has 1 N–H and O–H groups in total. The molecule has 1 heterocycles. The average Bonchev–Trinajstić information content (AvgIpc) is 2.94. The van der Waals surface area contributed by atoms with E-state index in [9.17, 15) is 4.79 Å². The fourth-order valence-corrected chi connectivity index (χ4v) is 3.63. The molecule has 0 spiro atoms. The van der Waals surface area contributed by atoms with Gasteiger partial charge in [0.15, 0.2) is 0 Å². The van der Waals surface area contributed by atoms with Crippen molar-refractivity contribution >= 4 is 5.91 Å². The molecule has 1 atom stereocenters. The highest BCUT2D eigenvalue weighted by atomic mass is 16.3. The minimum atomic E-state index is 0.230. The Balaban J connectivity index is 1.73. The van der Waals surface area contributed by atoms with E-state index in [1.165, 1.54) is 32.1 Å². The lowest BCUT2D eigenvalue weighted by molar-refractivity contribution is -0.136. The van der Waals surface area contributed by atoms with Gasteiger partial charge in [-0.2, -0.15) is 0 Å². The quantitative estimate of drug-likeness (QED) is 0.832. The second-order valence-electron chi connectivity index (χ2n) is 6.48. The van der Waals surface area contributed by atoms with Crippen LogP contribution in [-0.2, 0) is 4.79 Å². The Morgan fingerprint density at radius 3 is 2.47 bits per heavy atom. The van der Waals surface area contributed by atoms with E-state index in [2.05, 4.69) is 6.92 Å². The number of carbonyl (C=O) groups excluding carboxylic acids is 1. The summed E-state index contributed by atoms with van der Waals surface area (Å²) in [4.78, 5) is 14.4. The first kappa shape index (κ1) is 14.8. The zero-order valence-electron chi connectivity index (χ0n) is 12.3. The number of hydrogen-bond acceptors (Lipinski definition) is 2. The van der Waals surface area contributed by atoms with Crippen LogP contribution in [0, 0.1) is 17.8 Å². The van der Waals surface area contributed by atoms with Crippen molar-refractivity contribution in [1.29, 1.82) is 0 Å². The number of aliphatic hydroxyl groups is 1. The van der Waals surface area contributed by atoms with Crippen LogP contribution in [0.2, 0.25) is 0 Å². The summed E-state index contributed by atoms with van der Waals surface area (Å²) in [6, 6.07) is 0. The van der Waals surface area contributed by atoms with Crippen molar-refractivity contribution in [2.24, 2.45) is 17.8 Å². The lowest BCUT2D eigenvalue weighted by atomic mass is 9.79. The van der Waals surface area contributed by atoms with Gasteiger partial charge >= 0.3 is 0 Å². The standard InChI is InChI=1S/C16H29NO2/c1-2-3-4-13-5-7-15(8-6-13)16(19)17-10-9-14(11-17)12-18/h13-15,18H,2-12H2,1H3. The van der Waals surface area contributed by atoms with E-state index in [0.717, 1.165) is 38.3 Å². The molecule has 1 saturated carbocycles. The predicted octanol–water partition coefficient (Wildman–Crippen LogP) is 2.82. The van der Waals surface area contributed by atoms with Gasteiger partial charge in [-0.25, -0.2) is 0 Å². The van der Waals surface area contributed by atoms with E-state index >= 15 is 0 Å². The van der Waals surface area contributed by atoms with Gasteiger partial charge in [0.2, 0.25) is 5.91 Å². The molecule has 1 saturated heterocycles. The molecule has 0 bridgehead atoms. The molecule has 2 aliphatic rings. The average molecular weight is 267 g/mol. The molecule has 2 fully saturated rings. The van der Waals surface area contributed by atoms with Gasteiger partial charge in [0, 0.05) is 31.5 Å². The van der Waals surface area contributed by atoms with E-state index in [-0.39, 0.29) is 12.5 Å². The normalized spacial score (nSPS) is 31.7. The van der Waals surface area contributed by atoms with Gasteiger partial charge < -0.3 is 10.0 Å². The largest absolute Gasteiger partial charge is 0.396 e. The molecule has 1 aliphatic carbocycles. The van der Waals surface area contributed by atoms with Crippen molar-refractivity contribution < 1.29 is 9.90 Å². The molecule has 19 heavy (non-hydrogen) atoms. The Hall–Kier alpha value is -0.570. The van der Waals surface area contributed by atoms with Crippen LogP contribution in [0.15, 0.2) is 0 Å². The summed E-state index contributed by atoms with van der Waals surface area (Å²) in [6.07, 6.45) is 9.63. The van der Waals surface area contributed by atoms with Gasteiger partial charge in [-0.1, -0.05) is 26.2 Å². The van der Waals surface area contributed by atoms with Crippen LogP contribution in [0.1, 0.15) is 58.3 Å². The topological polar surface area (TPSA) is 40.5 Å². The van der Waals surface area contributed by atoms with Crippen molar-refractivity contribution in [3.63, 3.8) is 0 Å². The van der Waals surface area contributed by atoms with E-state index < -0.39 is 0 Å². The van der Waals surface area contributed by atoms with E-state index in [4.69, 9.17) is 5.11 Å². The summed E-state index contributed by atoms with van der Waals surface area (Å²) < 4.78 is 0. The zero-order chi connectivity index (χ0) is 13.7. The molecular formula is C16H29NO2. The van der Waals surface area contributed by atoms with Gasteiger partial charge in [0.25, 0.3) is 0 Å². The number of unbranched alkanes of at least 4 members (excludes halogenated alkanes) is 1. The van der Waals surface area contributed by atoms with Crippen molar-refractivity contribution in [3.8, 4) is 0 Å². The third kappa shape index (κ3) is 3.95. The highest BCUT2D eigenvalue weighted by Gasteiger charge is 2.32. The molecule has 1 unspecified atom stereocenters. The van der Waals surface area contributed by atoms with E-state index in [1.807, 2.05) is 4.90 Å². The third-order valence-corrected chi connectivity index (χ3v) is 5.02. The van der Waals surface area contributed by atoms with Crippen molar-refractivity contribution in [1.82, 2.24) is 4.90 Å². The molecule has 0 radical (unpaired) electrons. The van der Waals surface area contributed by atoms with Crippen molar-refractivity contribution in [2.45, 2.75) is 58.3 Å². The first-order valence-corrected chi connectivity index (χ1v) is 8.14.